The lowest BCUT2D eigenvalue weighted by atomic mass is 9.26. The van der Waals surface area contributed by atoms with Gasteiger partial charge in [0.1, 0.15) is 17.5 Å². The highest BCUT2D eigenvalue weighted by Crippen LogP contribution is 2.53. The van der Waals surface area contributed by atoms with Crippen LogP contribution in [0.4, 0.5) is 10.1 Å². The van der Waals surface area contributed by atoms with Gasteiger partial charge in [-0.05, 0) is 45.2 Å². The molecule has 18 radical (unpaired) electrons. The van der Waals surface area contributed by atoms with Gasteiger partial charge in [-0.1, -0.05) is 23.4 Å². The fraction of sp³-hybridized carbons (Fsp3) is 0.400. The molecule has 202 valence electrons. The minimum atomic E-state index is -2.84. The molecular formula is C25H18B9FN4O5. The van der Waals surface area contributed by atoms with E-state index in [4.69, 9.17) is 75.4 Å². The third-order valence-corrected chi connectivity index (χ3v) is 8.29. The van der Waals surface area contributed by atoms with Crippen molar-refractivity contribution in [1.82, 2.24) is 15.1 Å². The number of carbonyl (C=O) groups is 3. The zero-order valence-electron chi connectivity index (χ0n) is 23.4. The summed E-state index contributed by atoms with van der Waals surface area (Å²) in [4.78, 5) is 41.0. The molecule has 44 heavy (non-hydrogen) atoms. The van der Waals surface area contributed by atoms with E-state index in [1.807, 2.05) is 5.32 Å². The smallest absolute Gasteiger partial charge is 0.256 e. The average Bonchev–Trinajstić information content (AvgIpc) is 3.14. The van der Waals surface area contributed by atoms with Crippen molar-refractivity contribution in [3.8, 4) is 0 Å². The Balaban J connectivity index is 1.53. The number of hydrogen-bond donors (Lipinski definition) is 3. The number of nitrogens with zero attached hydrogens (tertiary/aromatic N) is 2. The first-order valence-corrected chi connectivity index (χ1v) is 13.3. The van der Waals surface area contributed by atoms with Gasteiger partial charge in [0.2, 0.25) is 11.8 Å². The molecule has 3 heterocycles. The minimum Gasteiger partial charge on any atom is -0.392 e. The normalized spacial score (nSPS) is 25.4. The van der Waals surface area contributed by atoms with E-state index in [-0.39, 0.29) is 27.9 Å². The number of ether oxygens (including phenoxy) is 1. The van der Waals surface area contributed by atoms with E-state index in [0.29, 0.717) is 31.2 Å². The molecule has 3 aliphatic heterocycles. The van der Waals surface area contributed by atoms with Crippen LogP contribution < -0.4 is 10.6 Å². The Morgan fingerprint density at radius 2 is 1.64 bits per heavy atom. The summed E-state index contributed by atoms with van der Waals surface area (Å²) in [6.45, 7) is 1.62. The summed E-state index contributed by atoms with van der Waals surface area (Å²) in [6, 6.07) is 5.71. The Morgan fingerprint density at radius 3 is 2.27 bits per heavy atom. The second-order valence-electron chi connectivity index (χ2n) is 11.3. The first-order chi connectivity index (χ1) is 20.3. The lowest BCUT2D eigenvalue weighted by molar-refractivity contribution is -0.143. The van der Waals surface area contributed by atoms with Crippen molar-refractivity contribution in [3.05, 3.63) is 64.5 Å². The second kappa shape index (κ2) is 10.7. The molecule has 3 aliphatic rings. The third kappa shape index (κ3) is 4.90. The van der Waals surface area contributed by atoms with Gasteiger partial charge in [-0.25, -0.2) is 4.39 Å². The van der Waals surface area contributed by atoms with Crippen molar-refractivity contribution >= 4 is 94.0 Å². The molecule has 2 fully saturated rings. The molecule has 2 aromatic carbocycles. The molecule has 0 saturated carbocycles. The third-order valence-electron chi connectivity index (χ3n) is 8.29. The molecule has 3 amide bonds. The zero-order chi connectivity index (χ0) is 32.6. The van der Waals surface area contributed by atoms with E-state index < -0.39 is 56.3 Å². The van der Waals surface area contributed by atoms with Gasteiger partial charge in [-0.3, -0.25) is 19.7 Å². The number of piperidine rings is 1. The van der Waals surface area contributed by atoms with Gasteiger partial charge in [0, 0.05) is 29.9 Å². The number of fused-ring (bicyclic) bond motifs is 1. The molecule has 2 unspecified atom stereocenters. The number of hydrogen-bond acceptors (Lipinski definition) is 7. The number of amides is 3. The van der Waals surface area contributed by atoms with Crippen LogP contribution in [0.1, 0.15) is 27.0 Å². The summed E-state index contributed by atoms with van der Waals surface area (Å²) in [5.41, 5.74) is -3.55. The quantitative estimate of drug-likeness (QED) is 0.248. The number of carbonyl (C=O) groups excluding carboxylic acids is 3. The van der Waals surface area contributed by atoms with Gasteiger partial charge in [0.15, 0.2) is 7.85 Å². The largest absolute Gasteiger partial charge is 0.392 e. The SMILES string of the molecule is [B]C([B])(Nc1cccc2c1C([B])(O)N(C1C(=O)NC(=O)C([B])([B])C1([B])[B])C2=O)c1cc(C([B])([B])N2CCOCC2)ccc1F. The molecule has 0 aromatic heterocycles. The van der Waals surface area contributed by atoms with Crippen LogP contribution in [0.3, 0.4) is 0 Å². The Morgan fingerprint density at radius 1 is 1.00 bits per heavy atom. The molecule has 2 atom stereocenters. The van der Waals surface area contributed by atoms with Crippen molar-refractivity contribution in [2.24, 2.45) is 0 Å². The van der Waals surface area contributed by atoms with Gasteiger partial charge in [0.25, 0.3) is 5.91 Å². The van der Waals surface area contributed by atoms with Gasteiger partial charge < -0.3 is 25.0 Å². The number of benzene rings is 2. The van der Waals surface area contributed by atoms with Crippen LogP contribution in [0.2, 0.25) is 10.4 Å². The van der Waals surface area contributed by atoms with Crippen molar-refractivity contribution in [2.45, 2.75) is 32.8 Å². The Hall–Kier alpha value is -2.76. The fourth-order valence-electron chi connectivity index (χ4n) is 5.70. The first-order valence-electron chi connectivity index (χ1n) is 13.3. The van der Waals surface area contributed by atoms with Gasteiger partial charge in [-0.2, -0.15) is 0 Å². The van der Waals surface area contributed by atoms with Crippen molar-refractivity contribution in [3.63, 3.8) is 0 Å². The van der Waals surface area contributed by atoms with Crippen LogP contribution in [-0.4, -0.2) is 136 Å². The molecule has 5 rings (SSSR count). The molecule has 2 aromatic rings. The monoisotopic (exact) mass is 572 g/mol. The Labute approximate surface area is 266 Å². The zero-order valence-corrected chi connectivity index (χ0v) is 23.4. The molecular weight excluding hydrogens is 553 g/mol. The van der Waals surface area contributed by atoms with E-state index in [2.05, 4.69) is 5.32 Å². The fourth-order valence-corrected chi connectivity index (χ4v) is 5.70. The highest BCUT2D eigenvalue weighted by molar-refractivity contribution is 6.63. The summed E-state index contributed by atoms with van der Waals surface area (Å²) >= 11 is 0. The van der Waals surface area contributed by atoms with Gasteiger partial charge in [-0.15, -0.1) is 0 Å². The number of imide groups is 1. The summed E-state index contributed by atoms with van der Waals surface area (Å²) in [6.07, 6.45) is 0. The number of morpholine rings is 1. The number of nitrogens with one attached hydrogen (secondary N) is 2. The standard InChI is InChI=1S/C25H18B9FN4O5/c26-21(27)17(18(40)36-20(42)22(21,28)29)39-19(41)12-2-1-3-15(16(12)25(39,34)43)37-23(30,31)13-10-11(4-5-14(13)35)24(32,33)38-6-8-44-9-7-38/h1-5,10,17,37,43H,6-9H2,(H,36,40,42). The summed E-state index contributed by atoms with van der Waals surface area (Å²) in [5.74, 6) is -4.29. The maximum atomic E-state index is 15.2. The van der Waals surface area contributed by atoms with Crippen LogP contribution in [0.25, 0.3) is 0 Å². The molecule has 3 N–H and O–H groups in total. The van der Waals surface area contributed by atoms with E-state index >= 15 is 4.39 Å². The van der Waals surface area contributed by atoms with E-state index in [9.17, 15) is 19.5 Å². The lowest BCUT2D eigenvalue weighted by Gasteiger charge is -2.55. The number of aliphatic hydroxyl groups is 1. The first kappa shape index (κ1) is 32.6. The number of halogens is 1. The van der Waals surface area contributed by atoms with Crippen LogP contribution in [0.5, 0.6) is 0 Å². The maximum Gasteiger partial charge on any atom is 0.256 e. The molecule has 0 bridgehead atoms. The van der Waals surface area contributed by atoms with E-state index in [1.165, 1.54) is 30.3 Å². The number of rotatable bonds is 6. The molecule has 19 heteroatoms. The summed E-state index contributed by atoms with van der Waals surface area (Å²) < 4.78 is 20.6. The van der Waals surface area contributed by atoms with Crippen LogP contribution >= 0.6 is 0 Å². The molecule has 2 saturated heterocycles. The highest BCUT2D eigenvalue weighted by atomic mass is 19.1. The maximum absolute atomic E-state index is 15.2. The molecule has 0 aliphatic carbocycles. The minimum absolute atomic E-state index is 0.142. The second-order valence-corrected chi connectivity index (χ2v) is 11.3. The van der Waals surface area contributed by atoms with E-state index in [1.54, 1.807) is 4.90 Å². The molecule has 9 nitrogen and oxygen atoms in total. The van der Waals surface area contributed by atoms with Crippen LogP contribution in [0.15, 0.2) is 36.4 Å². The summed E-state index contributed by atoms with van der Waals surface area (Å²) in [5, 5.41) is 7.22. The van der Waals surface area contributed by atoms with E-state index in [0.717, 1.165) is 6.07 Å². The van der Waals surface area contributed by atoms with Crippen molar-refractivity contribution in [1.29, 1.82) is 0 Å². The van der Waals surface area contributed by atoms with Crippen LogP contribution in [0, 0.1) is 5.82 Å². The number of anilines is 1. The lowest BCUT2D eigenvalue weighted by Crippen LogP contribution is -2.69. The Bertz CT molecular complexity index is 1550. The van der Waals surface area contributed by atoms with Gasteiger partial charge in [0.05, 0.1) is 76.0 Å². The van der Waals surface area contributed by atoms with Crippen LogP contribution in [-0.2, 0) is 30.6 Å². The van der Waals surface area contributed by atoms with Crippen molar-refractivity contribution in [2.75, 3.05) is 31.6 Å². The molecule has 0 spiro atoms. The van der Waals surface area contributed by atoms with Gasteiger partial charge >= 0.3 is 0 Å². The predicted molar refractivity (Wildman–Crippen MR) is 166 cm³/mol. The average molecular weight is 571 g/mol. The summed E-state index contributed by atoms with van der Waals surface area (Å²) in [7, 11) is 55.7. The topological polar surface area (TPSA) is 111 Å². The Kier molecular flexibility index (Phi) is 7.91. The predicted octanol–water partition coefficient (Wildman–Crippen LogP) is -3.18. The highest BCUT2D eigenvalue weighted by Gasteiger charge is 2.61. The van der Waals surface area contributed by atoms with Crippen molar-refractivity contribution < 1.29 is 28.6 Å².